The van der Waals surface area contributed by atoms with Crippen LogP contribution in [0, 0.1) is 22.7 Å². The molecule has 0 unspecified atom stereocenters. The number of hydrogen-bond donors (Lipinski definition) is 1. The summed E-state index contributed by atoms with van der Waals surface area (Å²) in [6.07, 6.45) is 0. The number of amides is 1. The van der Waals surface area contributed by atoms with Gasteiger partial charge in [-0.15, -0.1) is 11.3 Å². The molecule has 0 atom stereocenters. The minimum absolute atomic E-state index is 0.0728. The number of carbonyl (C=O) groups is 1. The molecule has 0 aromatic carbocycles. The average Bonchev–Trinajstić information content (AvgIpc) is 2.99. The molecule has 2 heterocycles. The van der Waals surface area contributed by atoms with Crippen LogP contribution < -0.4 is 10.1 Å². The van der Waals surface area contributed by atoms with Crippen LogP contribution in [0.5, 0.6) is 5.88 Å². The van der Waals surface area contributed by atoms with Crippen LogP contribution in [0.4, 0.5) is 5.82 Å². The molecule has 0 radical (unpaired) electrons. The second-order valence-corrected chi connectivity index (χ2v) is 4.92. The Bertz CT molecular complexity index is 770. The number of thiophene rings is 1. The van der Waals surface area contributed by atoms with E-state index in [4.69, 9.17) is 4.74 Å². The van der Waals surface area contributed by atoms with Gasteiger partial charge in [-0.1, -0.05) is 6.07 Å². The topological polar surface area (TPSA) is 98.8 Å². The zero-order valence-corrected chi connectivity index (χ0v) is 12.1. The van der Waals surface area contributed by atoms with Gasteiger partial charge in [0.2, 0.25) is 11.8 Å². The summed E-state index contributed by atoms with van der Waals surface area (Å²) in [6, 6.07) is 7.62. The number of ether oxygens (including phenoxy) is 1. The third-order valence-corrected chi connectivity index (χ3v) is 3.53. The zero-order chi connectivity index (χ0) is 15.4. The second-order valence-electron chi connectivity index (χ2n) is 3.98. The lowest BCUT2D eigenvalue weighted by atomic mass is 10.0. The fraction of sp³-hybridized carbons (Fsp3) is 0.143. The minimum Gasteiger partial charge on any atom is -0.480 e. The third-order valence-electron chi connectivity index (χ3n) is 2.64. The van der Waals surface area contributed by atoms with Gasteiger partial charge in [0.25, 0.3) is 0 Å². The van der Waals surface area contributed by atoms with Crippen molar-refractivity contribution >= 4 is 23.1 Å². The molecule has 2 aromatic heterocycles. The molecule has 0 spiro atoms. The molecular formula is C14H10N4O2S. The second kappa shape index (κ2) is 6.04. The molecule has 1 amide bonds. The molecule has 2 aromatic rings. The fourth-order valence-corrected chi connectivity index (χ4v) is 2.63. The summed E-state index contributed by atoms with van der Waals surface area (Å²) in [5, 5.41) is 23.1. The molecular weight excluding hydrogens is 288 g/mol. The predicted molar refractivity (Wildman–Crippen MR) is 77.8 cm³/mol. The van der Waals surface area contributed by atoms with Crippen molar-refractivity contribution in [1.82, 2.24) is 4.98 Å². The van der Waals surface area contributed by atoms with E-state index in [1.807, 2.05) is 23.6 Å². The average molecular weight is 298 g/mol. The van der Waals surface area contributed by atoms with Crippen LogP contribution in [-0.2, 0) is 4.79 Å². The highest BCUT2D eigenvalue weighted by atomic mass is 32.1. The van der Waals surface area contributed by atoms with E-state index in [9.17, 15) is 15.3 Å². The van der Waals surface area contributed by atoms with Crippen molar-refractivity contribution in [2.45, 2.75) is 6.92 Å². The van der Waals surface area contributed by atoms with Crippen LogP contribution in [-0.4, -0.2) is 18.0 Å². The Morgan fingerprint density at radius 2 is 2.10 bits per heavy atom. The van der Waals surface area contributed by atoms with Gasteiger partial charge in [0, 0.05) is 17.4 Å². The number of nitrogens with zero attached hydrogens (tertiary/aromatic N) is 3. The van der Waals surface area contributed by atoms with Crippen LogP contribution in [0.2, 0.25) is 0 Å². The monoisotopic (exact) mass is 298 g/mol. The number of pyridine rings is 1. The molecule has 0 bridgehead atoms. The first-order chi connectivity index (χ1) is 10.1. The Morgan fingerprint density at radius 3 is 2.57 bits per heavy atom. The van der Waals surface area contributed by atoms with E-state index in [0.717, 1.165) is 4.88 Å². The van der Waals surface area contributed by atoms with Crippen LogP contribution in [0.1, 0.15) is 18.1 Å². The molecule has 0 aliphatic rings. The summed E-state index contributed by atoms with van der Waals surface area (Å²) in [5.74, 6) is -0.198. The lowest BCUT2D eigenvalue weighted by molar-refractivity contribution is -0.114. The Morgan fingerprint density at radius 1 is 1.38 bits per heavy atom. The molecule has 0 saturated carbocycles. The van der Waals surface area contributed by atoms with Crippen LogP contribution in [0.15, 0.2) is 17.5 Å². The number of anilines is 1. The van der Waals surface area contributed by atoms with E-state index in [1.54, 1.807) is 6.07 Å². The molecule has 21 heavy (non-hydrogen) atoms. The lowest BCUT2D eigenvalue weighted by Crippen LogP contribution is -2.11. The van der Waals surface area contributed by atoms with E-state index in [1.165, 1.54) is 25.4 Å². The number of hydrogen-bond acceptors (Lipinski definition) is 6. The van der Waals surface area contributed by atoms with Gasteiger partial charge in [-0.3, -0.25) is 4.79 Å². The van der Waals surface area contributed by atoms with Gasteiger partial charge >= 0.3 is 0 Å². The normalized spacial score (nSPS) is 9.52. The number of carbonyl (C=O) groups excluding carboxylic acids is 1. The van der Waals surface area contributed by atoms with Crippen molar-refractivity contribution in [2.24, 2.45) is 0 Å². The Balaban J connectivity index is 2.84. The van der Waals surface area contributed by atoms with Crippen molar-refractivity contribution in [1.29, 1.82) is 10.5 Å². The summed E-state index contributed by atoms with van der Waals surface area (Å²) >= 11 is 1.38. The lowest BCUT2D eigenvalue weighted by Gasteiger charge is -2.12. The molecule has 0 fully saturated rings. The quantitative estimate of drug-likeness (QED) is 0.938. The summed E-state index contributed by atoms with van der Waals surface area (Å²) in [6.45, 7) is 1.32. The predicted octanol–water partition coefficient (Wildman–Crippen LogP) is 2.52. The minimum atomic E-state index is -0.358. The van der Waals surface area contributed by atoms with Crippen molar-refractivity contribution in [3.8, 4) is 28.5 Å². The molecule has 2 rings (SSSR count). The smallest absolute Gasteiger partial charge is 0.234 e. The van der Waals surface area contributed by atoms with Gasteiger partial charge in [-0.2, -0.15) is 15.5 Å². The first kappa shape index (κ1) is 14.5. The van der Waals surface area contributed by atoms with Gasteiger partial charge < -0.3 is 10.1 Å². The van der Waals surface area contributed by atoms with Gasteiger partial charge in [-0.05, 0) is 11.4 Å². The molecule has 1 N–H and O–H groups in total. The van der Waals surface area contributed by atoms with Gasteiger partial charge in [-0.25, -0.2) is 0 Å². The standard InChI is InChI=1S/C14H10N4O2S/c1-8(19)17-13-9(6-15)12(11-4-3-5-21-11)10(7-16)14(18-13)20-2/h3-5H,1-2H3,(H,17,18,19). The molecule has 0 saturated heterocycles. The van der Waals surface area contributed by atoms with E-state index in [0.29, 0.717) is 5.56 Å². The number of rotatable bonds is 3. The van der Waals surface area contributed by atoms with Crippen LogP contribution in [0.25, 0.3) is 10.4 Å². The largest absolute Gasteiger partial charge is 0.480 e. The van der Waals surface area contributed by atoms with Gasteiger partial charge in [0.05, 0.1) is 7.11 Å². The van der Waals surface area contributed by atoms with Crippen molar-refractivity contribution in [3.05, 3.63) is 28.6 Å². The maximum atomic E-state index is 11.3. The number of nitriles is 2. The summed E-state index contributed by atoms with van der Waals surface area (Å²) in [5.41, 5.74) is 0.737. The summed E-state index contributed by atoms with van der Waals surface area (Å²) in [7, 11) is 1.38. The maximum Gasteiger partial charge on any atom is 0.234 e. The number of methoxy groups -OCH3 is 1. The van der Waals surface area contributed by atoms with Crippen molar-refractivity contribution in [3.63, 3.8) is 0 Å². The Kier molecular flexibility index (Phi) is 4.17. The highest BCUT2D eigenvalue weighted by Gasteiger charge is 2.22. The Hall–Kier alpha value is -2.90. The summed E-state index contributed by atoms with van der Waals surface area (Å²) in [4.78, 5) is 16.1. The van der Waals surface area contributed by atoms with E-state index in [2.05, 4.69) is 10.3 Å². The molecule has 6 nitrogen and oxygen atoms in total. The highest BCUT2D eigenvalue weighted by molar-refractivity contribution is 7.13. The summed E-state index contributed by atoms with van der Waals surface area (Å²) < 4.78 is 5.11. The first-order valence-corrected chi connectivity index (χ1v) is 6.74. The van der Waals surface area contributed by atoms with E-state index >= 15 is 0 Å². The highest BCUT2D eigenvalue weighted by Crippen LogP contribution is 2.37. The Labute approximate surface area is 125 Å². The third kappa shape index (κ3) is 2.69. The molecule has 0 aliphatic carbocycles. The van der Waals surface area contributed by atoms with Crippen LogP contribution in [0.3, 0.4) is 0 Å². The number of nitrogens with one attached hydrogen (secondary N) is 1. The molecule has 0 aliphatic heterocycles. The SMILES string of the molecule is COc1nc(NC(C)=O)c(C#N)c(-c2cccs2)c1C#N. The maximum absolute atomic E-state index is 11.3. The van der Waals surface area contributed by atoms with Crippen molar-refractivity contribution in [2.75, 3.05) is 12.4 Å². The number of aromatic nitrogens is 1. The van der Waals surface area contributed by atoms with Crippen LogP contribution >= 0.6 is 11.3 Å². The zero-order valence-electron chi connectivity index (χ0n) is 11.3. The van der Waals surface area contributed by atoms with Gasteiger partial charge in [0.1, 0.15) is 23.3 Å². The van der Waals surface area contributed by atoms with E-state index in [-0.39, 0.29) is 28.7 Å². The van der Waals surface area contributed by atoms with Crippen molar-refractivity contribution < 1.29 is 9.53 Å². The first-order valence-electron chi connectivity index (χ1n) is 5.86. The molecule has 7 heteroatoms. The fourth-order valence-electron chi connectivity index (χ4n) is 1.85. The van der Waals surface area contributed by atoms with E-state index < -0.39 is 0 Å². The van der Waals surface area contributed by atoms with Gasteiger partial charge in [0.15, 0.2) is 5.82 Å². The molecule has 104 valence electrons.